The number of ether oxygens (including phenoxy) is 1. The lowest BCUT2D eigenvalue weighted by Crippen LogP contribution is -2.24. The van der Waals surface area contributed by atoms with Crippen molar-refractivity contribution >= 4 is 30.0 Å². The predicted molar refractivity (Wildman–Crippen MR) is 82.0 cm³/mol. The zero-order valence-corrected chi connectivity index (χ0v) is 11.7. The minimum absolute atomic E-state index is 0.266. The lowest BCUT2D eigenvalue weighted by molar-refractivity contribution is -0.131. The molecule has 0 fully saturated rings. The molecule has 1 amide bonds. The van der Waals surface area contributed by atoms with Gasteiger partial charge in [0.05, 0.1) is 6.61 Å². The second-order valence-electron chi connectivity index (χ2n) is 4.55. The van der Waals surface area contributed by atoms with Gasteiger partial charge in [0.2, 0.25) is 0 Å². The average molecular weight is 301 g/mol. The summed E-state index contributed by atoms with van der Waals surface area (Å²) >= 11 is 0. The molecule has 1 aromatic carbocycles. The van der Waals surface area contributed by atoms with E-state index in [2.05, 4.69) is 4.99 Å². The third kappa shape index (κ3) is 3.72. The van der Waals surface area contributed by atoms with E-state index in [0.717, 1.165) is 6.08 Å². The number of amides is 1. The number of benzene rings is 1. The molecule has 114 valence electrons. The Bertz CT molecular complexity index is 701. The van der Waals surface area contributed by atoms with Crippen LogP contribution < -0.4 is 16.2 Å². The summed E-state index contributed by atoms with van der Waals surface area (Å²) in [4.78, 5) is 26.1. The van der Waals surface area contributed by atoms with Crippen LogP contribution >= 0.6 is 0 Å². The Morgan fingerprint density at radius 3 is 2.77 bits per heavy atom. The summed E-state index contributed by atoms with van der Waals surface area (Å²) in [5, 5.41) is 8.71. The van der Waals surface area contributed by atoms with E-state index in [1.807, 2.05) is 0 Å². The van der Waals surface area contributed by atoms with Gasteiger partial charge in [0.15, 0.2) is 5.96 Å². The number of carboxylic acids is 1. The number of carboxylic acid groups (broad SMARTS) is 1. The number of carbonyl (C=O) groups is 2. The van der Waals surface area contributed by atoms with Crippen LogP contribution in [0.25, 0.3) is 12.2 Å². The minimum Gasteiger partial charge on any atom is -0.492 e. The van der Waals surface area contributed by atoms with Crippen LogP contribution in [0.15, 0.2) is 34.8 Å². The minimum atomic E-state index is -1.05. The first-order chi connectivity index (χ1) is 10.5. The Morgan fingerprint density at radius 2 is 2.09 bits per heavy atom. The molecule has 0 aromatic heterocycles. The number of fused-ring (bicyclic) bond motifs is 1. The Balaban J connectivity index is 2.41. The highest BCUT2D eigenvalue weighted by atomic mass is 16.5. The highest BCUT2D eigenvalue weighted by Crippen LogP contribution is 2.30. The molecule has 7 heteroatoms. The van der Waals surface area contributed by atoms with Crippen molar-refractivity contribution in [3.05, 3.63) is 41.0 Å². The third-order valence-electron chi connectivity index (χ3n) is 2.93. The molecule has 0 atom stereocenters. The van der Waals surface area contributed by atoms with Gasteiger partial charge in [0.1, 0.15) is 5.75 Å². The van der Waals surface area contributed by atoms with E-state index in [1.165, 1.54) is 6.08 Å². The number of para-hydroxylation sites is 1. The van der Waals surface area contributed by atoms with Gasteiger partial charge < -0.3 is 21.3 Å². The monoisotopic (exact) mass is 301 g/mol. The van der Waals surface area contributed by atoms with Crippen molar-refractivity contribution in [1.29, 1.82) is 0 Å². The number of guanidine groups is 1. The van der Waals surface area contributed by atoms with Crippen LogP contribution in [0.1, 0.15) is 17.5 Å². The number of rotatable bonds is 3. The van der Waals surface area contributed by atoms with Gasteiger partial charge in [-0.3, -0.25) is 4.79 Å². The molecule has 1 aliphatic rings. The van der Waals surface area contributed by atoms with Crippen LogP contribution in [-0.2, 0) is 9.59 Å². The second-order valence-corrected chi connectivity index (χ2v) is 4.55. The quantitative estimate of drug-likeness (QED) is 0.429. The Kier molecular flexibility index (Phi) is 4.57. The number of nitrogens with two attached hydrogens (primary N) is 2. The standard InChI is InChI=1S/C15H15N3O4/c16-15(17)18-14(21)11-6-7-22-13-9(4-5-12(19)20)2-1-3-10(13)8-11/h1-5,8H,6-7H2,(H,19,20)(H4,16,17,18,21). The van der Waals surface area contributed by atoms with Gasteiger partial charge in [0.25, 0.3) is 5.91 Å². The van der Waals surface area contributed by atoms with Gasteiger partial charge in [-0.25, -0.2) is 4.79 Å². The maximum absolute atomic E-state index is 11.9. The van der Waals surface area contributed by atoms with Crippen molar-refractivity contribution in [2.75, 3.05) is 6.61 Å². The number of hydrogen-bond donors (Lipinski definition) is 3. The van der Waals surface area contributed by atoms with E-state index in [4.69, 9.17) is 21.3 Å². The number of carbonyl (C=O) groups excluding carboxylic acids is 1. The molecule has 1 heterocycles. The fraction of sp³-hybridized carbons (Fsp3) is 0.133. The second kappa shape index (κ2) is 6.57. The summed E-state index contributed by atoms with van der Waals surface area (Å²) < 4.78 is 5.64. The zero-order valence-electron chi connectivity index (χ0n) is 11.7. The lowest BCUT2D eigenvalue weighted by Gasteiger charge is -2.09. The maximum Gasteiger partial charge on any atom is 0.328 e. The van der Waals surface area contributed by atoms with E-state index in [9.17, 15) is 9.59 Å². The molecular formula is C15H15N3O4. The van der Waals surface area contributed by atoms with Crippen molar-refractivity contribution in [1.82, 2.24) is 0 Å². The van der Waals surface area contributed by atoms with Crippen LogP contribution in [0.2, 0.25) is 0 Å². The van der Waals surface area contributed by atoms with Gasteiger partial charge in [-0.05, 0) is 12.2 Å². The Morgan fingerprint density at radius 1 is 1.32 bits per heavy atom. The fourth-order valence-corrected chi connectivity index (χ4v) is 2.03. The van der Waals surface area contributed by atoms with Crippen molar-refractivity contribution in [3.8, 4) is 5.75 Å². The Labute approximate surface area is 126 Å². The molecular weight excluding hydrogens is 286 g/mol. The van der Waals surface area contributed by atoms with Crippen molar-refractivity contribution in [3.63, 3.8) is 0 Å². The highest BCUT2D eigenvalue weighted by Gasteiger charge is 2.16. The van der Waals surface area contributed by atoms with E-state index in [1.54, 1.807) is 24.3 Å². The molecule has 1 aromatic rings. The Hall–Kier alpha value is -3.09. The topological polar surface area (TPSA) is 128 Å². The molecule has 7 nitrogen and oxygen atoms in total. The molecule has 0 saturated heterocycles. The van der Waals surface area contributed by atoms with Crippen molar-refractivity contribution in [2.45, 2.75) is 6.42 Å². The molecule has 0 bridgehead atoms. The van der Waals surface area contributed by atoms with Gasteiger partial charge in [0, 0.05) is 29.2 Å². The molecule has 1 aliphatic heterocycles. The summed E-state index contributed by atoms with van der Waals surface area (Å²) in [7, 11) is 0. The summed E-state index contributed by atoms with van der Waals surface area (Å²) in [6.45, 7) is 0.266. The maximum atomic E-state index is 11.9. The van der Waals surface area contributed by atoms with Crippen LogP contribution in [0.5, 0.6) is 5.75 Å². The lowest BCUT2D eigenvalue weighted by atomic mass is 10.0. The van der Waals surface area contributed by atoms with E-state index in [-0.39, 0.29) is 12.6 Å². The average Bonchev–Trinajstić information content (AvgIpc) is 2.66. The van der Waals surface area contributed by atoms with Gasteiger partial charge in [-0.15, -0.1) is 0 Å². The number of aliphatic carboxylic acids is 1. The molecule has 0 saturated carbocycles. The molecule has 2 rings (SSSR count). The highest BCUT2D eigenvalue weighted by molar-refractivity contribution is 6.04. The van der Waals surface area contributed by atoms with Crippen LogP contribution in [0.4, 0.5) is 0 Å². The van der Waals surface area contributed by atoms with Crippen molar-refractivity contribution < 1.29 is 19.4 Å². The van der Waals surface area contributed by atoms with Crippen LogP contribution in [-0.4, -0.2) is 29.5 Å². The first-order valence-electron chi connectivity index (χ1n) is 6.48. The SMILES string of the molecule is NC(N)=NC(=O)C1=Cc2cccc(C=CC(=O)O)c2OCC1. The van der Waals surface area contributed by atoms with E-state index < -0.39 is 11.9 Å². The van der Waals surface area contributed by atoms with Crippen LogP contribution in [0, 0.1) is 0 Å². The molecule has 0 spiro atoms. The smallest absolute Gasteiger partial charge is 0.328 e. The molecule has 5 N–H and O–H groups in total. The summed E-state index contributed by atoms with van der Waals surface area (Å²) in [6, 6.07) is 5.24. The molecule has 0 aliphatic carbocycles. The fourth-order valence-electron chi connectivity index (χ4n) is 2.03. The summed E-state index contributed by atoms with van der Waals surface area (Å²) in [5.41, 5.74) is 12.1. The zero-order chi connectivity index (χ0) is 16.1. The number of hydrogen-bond acceptors (Lipinski definition) is 3. The van der Waals surface area contributed by atoms with Gasteiger partial charge >= 0.3 is 5.97 Å². The predicted octanol–water partition coefficient (Wildman–Crippen LogP) is 0.750. The first kappa shape index (κ1) is 15.3. The number of aliphatic imine (C=N–C) groups is 1. The van der Waals surface area contributed by atoms with Gasteiger partial charge in [-0.2, -0.15) is 4.99 Å². The third-order valence-corrected chi connectivity index (χ3v) is 2.93. The van der Waals surface area contributed by atoms with E-state index >= 15 is 0 Å². The number of nitrogens with zero attached hydrogens (tertiary/aromatic N) is 1. The summed E-state index contributed by atoms with van der Waals surface area (Å²) in [6.07, 6.45) is 4.47. The van der Waals surface area contributed by atoms with E-state index in [0.29, 0.717) is 28.9 Å². The van der Waals surface area contributed by atoms with Crippen LogP contribution in [0.3, 0.4) is 0 Å². The first-order valence-corrected chi connectivity index (χ1v) is 6.48. The largest absolute Gasteiger partial charge is 0.492 e. The molecule has 0 radical (unpaired) electrons. The molecule has 22 heavy (non-hydrogen) atoms. The normalized spacial score (nSPS) is 13.5. The van der Waals surface area contributed by atoms with Crippen molar-refractivity contribution in [2.24, 2.45) is 16.5 Å². The van der Waals surface area contributed by atoms with Gasteiger partial charge in [-0.1, -0.05) is 18.2 Å². The molecule has 0 unspecified atom stereocenters. The summed E-state index contributed by atoms with van der Waals surface area (Å²) in [5.74, 6) is -1.34.